The summed E-state index contributed by atoms with van der Waals surface area (Å²) in [5.41, 5.74) is 14.0. The molecule has 0 aromatic heterocycles. The molecule has 10 heteroatoms. The minimum Gasteiger partial charge on any atom is -0.494 e. The number of ether oxygens (including phenoxy) is 3. The highest BCUT2D eigenvalue weighted by Crippen LogP contribution is 2.28. The minimum atomic E-state index is -1.28. The number of halogens is 2. The molecule has 0 amide bonds. The van der Waals surface area contributed by atoms with E-state index >= 15 is 0 Å². The SMILES string of the molecule is CCCCCOc1ccc(OC(=O)/C=C/c2ccc(OCCCCCCCCc3c(N)cc(N)cc3C(=O)O)cc2)c(F)c1F. The number of rotatable bonds is 19. The van der Waals surface area contributed by atoms with Gasteiger partial charge in [0.25, 0.3) is 0 Å². The van der Waals surface area contributed by atoms with E-state index < -0.39 is 29.3 Å². The molecule has 3 rings (SSSR count). The molecule has 0 radical (unpaired) electrons. The van der Waals surface area contributed by atoms with Gasteiger partial charge in [0.1, 0.15) is 5.75 Å². The summed E-state index contributed by atoms with van der Waals surface area (Å²) in [4.78, 5) is 23.7. The molecule has 0 saturated heterocycles. The molecule has 0 aliphatic heterocycles. The number of unbranched alkanes of at least 4 members (excludes halogenated alkanes) is 7. The van der Waals surface area contributed by atoms with Crippen molar-refractivity contribution >= 4 is 29.4 Å². The molecule has 0 fully saturated rings. The summed E-state index contributed by atoms with van der Waals surface area (Å²) in [5, 5.41) is 9.41. The normalized spacial score (nSPS) is 11.1. The number of hydrogen-bond acceptors (Lipinski definition) is 7. The van der Waals surface area contributed by atoms with Gasteiger partial charge in [0.05, 0.1) is 18.8 Å². The molecule has 0 aliphatic carbocycles. The number of carbonyl (C=O) groups is 2. The van der Waals surface area contributed by atoms with Crippen molar-refractivity contribution in [2.24, 2.45) is 0 Å². The molecule has 45 heavy (non-hydrogen) atoms. The van der Waals surface area contributed by atoms with E-state index in [0.29, 0.717) is 41.3 Å². The van der Waals surface area contributed by atoms with Crippen LogP contribution >= 0.6 is 0 Å². The molecule has 0 unspecified atom stereocenters. The lowest BCUT2D eigenvalue weighted by Gasteiger charge is -2.11. The van der Waals surface area contributed by atoms with Gasteiger partial charge in [-0.1, -0.05) is 57.6 Å². The zero-order valence-electron chi connectivity index (χ0n) is 25.7. The summed E-state index contributed by atoms with van der Waals surface area (Å²) in [6.45, 7) is 2.87. The van der Waals surface area contributed by atoms with Gasteiger partial charge in [-0.15, -0.1) is 0 Å². The van der Waals surface area contributed by atoms with E-state index in [0.717, 1.165) is 63.9 Å². The third-order valence-electron chi connectivity index (χ3n) is 7.15. The highest BCUT2D eigenvalue weighted by molar-refractivity contribution is 5.92. The zero-order valence-corrected chi connectivity index (χ0v) is 25.7. The topological polar surface area (TPSA) is 134 Å². The maximum Gasteiger partial charge on any atom is 0.336 e. The molecular formula is C35H42F2N2O6. The van der Waals surface area contributed by atoms with E-state index in [2.05, 4.69) is 0 Å². The van der Waals surface area contributed by atoms with Crippen LogP contribution in [0.25, 0.3) is 6.08 Å². The first kappa shape index (κ1) is 34.9. The van der Waals surface area contributed by atoms with Gasteiger partial charge < -0.3 is 30.8 Å². The molecule has 0 saturated carbocycles. The van der Waals surface area contributed by atoms with Crippen molar-refractivity contribution < 1.29 is 37.7 Å². The summed E-state index contributed by atoms with van der Waals surface area (Å²) >= 11 is 0. The van der Waals surface area contributed by atoms with Gasteiger partial charge in [-0.25, -0.2) is 9.59 Å². The van der Waals surface area contributed by atoms with Crippen LogP contribution in [0.15, 0.2) is 54.6 Å². The predicted molar refractivity (Wildman–Crippen MR) is 172 cm³/mol. The summed E-state index contributed by atoms with van der Waals surface area (Å²) < 4.78 is 44.7. The number of nitrogens with two attached hydrogens (primary N) is 2. The van der Waals surface area contributed by atoms with E-state index in [-0.39, 0.29) is 17.9 Å². The van der Waals surface area contributed by atoms with Crippen LogP contribution in [0, 0.1) is 11.6 Å². The molecule has 8 nitrogen and oxygen atoms in total. The third kappa shape index (κ3) is 11.4. The quantitative estimate of drug-likeness (QED) is 0.0402. The number of nitrogen functional groups attached to an aromatic ring is 2. The Bertz CT molecular complexity index is 1440. The van der Waals surface area contributed by atoms with Crippen molar-refractivity contribution in [3.05, 3.63) is 82.9 Å². The van der Waals surface area contributed by atoms with Crippen LogP contribution in [0.1, 0.15) is 86.2 Å². The summed E-state index contributed by atoms with van der Waals surface area (Å²) in [6.07, 6.45) is 11.7. The number of aromatic carboxylic acids is 1. The van der Waals surface area contributed by atoms with Gasteiger partial charge in [-0.05, 0) is 79.3 Å². The van der Waals surface area contributed by atoms with Crippen LogP contribution < -0.4 is 25.7 Å². The van der Waals surface area contributed by atoms with Crippen LogP contribution in [-0.2, 0) is 11.2 Å². The van der Waals surface area contributed by atoms with Crippen molar-refractivity contribution in [3.8, 4) is 17.2 Å². The highest BCUT2D eigenvalue weighted by Gasteiger charge is 2.17. The first-order chi connectivity index (χ1) is 21.7. The second-order valence-electron chi connectivity index (χ2n) is 10.7. The van der Waals surface area contributed by atoms with Gasteiger partial charge in [-0.3, -0.25) is 0 Å². The summed E-state index contributed by atoms with van der Waals surface area (Å²) in [6, 6.07) is 12.6. The van der Waals surface area contributed by atoms with Gasteiger partial charge >= 0.3 is 11.9 Å². The zero-order chi connectivity index (χ0) is 32.6. The fourth-order valence-corrected chi connectivity index (χ4v) is 4.71. The average Bonchev–Trinajstić information content (AvgIpc) is 3.01. The minimum absolute atomic E-state index is 0.173. The Morgan fingerprint density at radius 2 is 1.42 bits per heavy atom. The smallest absolute Gasteiger partial charge is 0.336 e. The van der Waals surface area contributed by atoms with E-state index in [1.165, 1.54) is 24.3 Å². The average molecular weight is 625 g/mol. The second kappa shape index (κ2) is 18.3. The largest absolute Gasteiger partial charge is 0.494 e. The lowest BCUT2D eigenvalue weighted by molar-refractivity contribution is -0.129. The fourth-order valence-electron chi connectivity index (χ4n) is 4.71. The number of carboxylic acid groups (broad SMARTS) is 1. The Labute approximate surface area is 263 Å². The molecule has 0 heterocycles. The van der Waals surface area contributed by atoms with Gasteiger partial charge in [0.2, 0.25) is 11.6 Å². The van der Waals surface area contributed by atoms with E-state index in [1.54, 1.807) is 30.3 Å². The van der Waals surface area contributed by atoms with Gasteiger partial charge in [-0.2, -0.15) is 8.78 Å². The lowest BCUT2D eigenvalue weighted by Crippen LogP contribution is -2.07. The molecule has 0 spiro atoms. The number of carboxylic acids is 1. The number of benzene rings is 3. The molecular weight excluding hydrogens is 582 g/mol. The molecule has 3 aromatic carbocycles. The lowest BCUT2D eigenvalue weighted by atomic mass is 9.98. The van der Waals surface area contributed by atoms with Crippen molar-refractivity contribution in [2.75, 3.05) is 24.7 Å². The maximum absolute atomic E-state index is 14.3. The highest BCUT2D eigenvalue weighted by atomic mass is 19.2. The fraction of sp³-hybridized carbons (Fsp3) is 0.371. The van der Waals surface area contributed by atoms with Crippen LogP contribution in [-0.4, -0.2) is 30.3 Å². The Morgan fingerprint density at radius 1 is 0.800 bits per heavy atom. The van der Waals surface area contributed by atoms with E-state index in [4.69, 9.17) is 25.7 Å². The standard InChI is InChI=1S/C35H42F2N2O6/c1-2-3-9-21-44-30-17-18-31(34(37)33(30)36)45-32(40)19-14-24-12-15-26(16-13-24)43-20-10-7-5-4-6-8-11-27-28(35(41)42)22-25(38)23-29(27)39/h12-19,22-23H,2-11,20-21,38-39H2,1H3,(H,41,42)/b19-14+. The van der Waals surface area contributed by atoms with Crippen LogP contribution in [0.2, 0.25) is 0 Å². The van der Waals surface area contributed by atoms with Crippen molar-refractivity contribution in [1.29, 1.82) is 0 Å². The van der Waals surface area contributed by atoms with E-state index in [9.17, 15) is 23.5 Å². The summed E-state index contributed by atoms with van der Waals surface area (Å²) in [5.74, 6) is -4.36. The predicted octanol–water partition coefficient (Wildman–Crippen LogP) is 7.98. The number of anilines is 2. The number of carbonyl (C=O) groups excluding carboxylic acids is 1. The maximum atomic E-state index is 14.3. The Balaban J connectivity index is 1.32. The van der Waals surface area contributed by atoms with Gasteiger partial charge in [0.15, 0.2) is 11.5 Å². The first-order valence-corrected chi connectivity index (χ1v) is 15.3. The Kier molecular flexibility index (Phi) is 14.2. The molecule has 5 N–H and O–H groups in total. The number of esters is 1. The third-order valence-corrected chi connectivity index (χ3v) is 7.15. The molecule has 0 bridgehead atoms. The van der Waals surface area contributed by atoms with Crippen molar-refractivity contribution in [1.82, 2.24) is 0 Å². The van der Waals surface area contributed by atoms with Crippen LogP contribution in [0.3, 0.4) is 0 Å². The number of hydrogen-bond donors (Lipinski definition) is 3. The van der Waals surface area contributed by atoms with Crippen molar-refractivity contribution in [3.63, 3.8) is 0 Å². The monoisotopic (exact) mass is 624 g/mol. The van der Waals surface area contributed by atoms with Crippen LogP contribution in [0.5, 0.6) is 17.2 Å². The Morgan fingerprint density at radius 3 is 2.13 bits per heavy atom. The molecule has 0 atom stereocenters. The van der Waals surface area contributed by atoms with Crippen LogP contribution in [0.4, 0.5) is 20.2 Å². The van der Waals surface area contributed by atoms with E-state index in [1.807, 2.05) is 6.92 Å². The molecule has 0 aliphatic rings. The Hall–Kier alpha value is -4.60. The second-order valence-corrected chi connectivity index (χ2v) is 10.7. The van der Waals surface area contributed by atoms with Crippen molar-refractivity contribution in [2.45, 2.75) is 71.1 Å². The molecule has 242 valence electrons. The summed E-state index contributed by atoms with van der Waals surface area (Å²) in [7, 11) is 0. The first-order valence-electron chi connectivity index (χ1n) is 15.3. The molecule has 3 aromatic rings. The van der Waals surface area contributed by atoms with Gasteiger partial charge in [0, 0.05) is 17.5 Å².